The van der Waals surface area contributed by atoms with Crippen molar-refractivity contribution in [1.29, 1.82) is 0 Å². The van der Waals surface area contributed by atoms with Crippen LogP contribution in [0, 0.1) is 5.92 Å². The highest BCUT2D eigenvalue weighted by Gasteiger charge is 2.23. The normalized spacial score (nSPS) is 17.6. The molecule has 0 saturated carbocycles. The molecule has 1 unspecified atom stereocenters. The van der Waals surface area contributed by atoms with Crippen LogP contribution in [-0.2, 0) is 4.79 Å². The topological polar surface area (TPSA) is 82.8 Å². The highest BCUT2D eigenvalue weighted by molar-refractivity contribution is 14.0. The van der Waals surface area contributed by atoms with Gasteiger partial charge in [-0.25, -0.2) is 0 Å². The predicted octanol–water partition coefficient (Wildman–Crippen LogP) is 2.54. The van der Waals surface area contributed by atoms with E-state index in [9.17, 15) is 4.79 Å². The van der Waals surface area contributed by atoms with Crippen molar-refractivity contribution in [3.05, 3.63) is 30.3 Å². The number of nitrogens with one attached hydrogen (secondary N) is 2. The molecule has 1 heterocycles. The van der Waals surface area contributed by atoms with Gasteiger partial charge in [0, 0.05) is 36.8 Å². The second-order valence-corrected chi connectivity index (χ2v) is 7.91. The molecular formula is C20H34IN5OS. The molecule has 1 aromatic carbocycles. The number of likely N-dealkylation sites (tertiary alicyclic amines) is 1. The molecule has 28 heavy (non-hydrogen) atoms. The number of nitrogens with zero attached hydrogens (tertiary/aromatic N) is 2. The summed E-state index contributed by atoms with van der Waals surface area (Å²) in [5.74, 6) is 1.73. The van der Waals surface area contributed by atoms with Crippen LogP contribution >= 0.6 is 35.7 Å². The van der Waals surface area contributed by atoms with Crippen molar-refractivity contribution in [3.63, 3.8) is 0 Å². The number of hydrogen-bond donors (Lipinski definition) is 3. The first-order chi connectivity index (χ1) is 13.2. The maximum atomic E-state index is 11.4. The van der Waals surface area contributed by atoms with Gasteiger partial charge in [-0.15, -0.1) is 35.7 Å². The number of rotatable bonds is 10. The summed E-state index contributed by atoms with van der Waals surface area (Å²) in [5, 5.41) is 6.69. The molecule has 1 fully saturated rings. The summed E-state index contributed by atoms with van der Waals surface area (Å²) in [6.45, 7) is 7.40. The van der Waals surface area contributed by atoms with E-state index in [4.69, 9.17) is 5.73 Å². The zero-order chi connectivity index (χ0) is 19.3. The first-order valence-electron chi connectivity index (χ1n) is 9.90. The van der Waals surface area contributed by atoms with E-state index in [0.717, 1.165) is 70.2 Å². The number of aliphatic imine (C=N–C) groups is 1. The predicted molar refractivity (Wildman–Crippen MR) is 130 cm³/mol. The second kappa shape index (κ2) is 14.9. The van der Waals surface area contributed by atoms with E-state index >= 15 is 0 Å². The first-order valence-corrected chi connectivity index (χ1v) is 10.9. The second-order valence-electron chi connectivity index (χ2n) is 6.74. The van der Waals surface area contributed by atoms with Crippen molar-refractivity contribution in [2.24, 2.45) is 16.6 Å². The van der Waals surface area contributed by atoms with E-state index in [0.29, 0.717) is 0 Å². The number of piperidine rings is 1. The molecule has 158 valence electrons. The van der Waals surface area contributed by atoms with Crippen LogP contribution in [0.1, 0.15) is 26.2 Å². The smallest absolute Gasteiger partial charge is 0.221 e. The number of carbonyl (C=O) groups excluding carboxylic acids is 1. The number of thioether (sulfide) groups is 1. The van der Waals surface area contributed by atoms with Crippen LogP contribution < -0.4 is 16.4 Å². The van der Waals surface area contributed by atoms with Crippen molar-refractivity contribution in [2.45, 2.75) is 31.1 Å². The third-order valence-electron chi connectivity index (χ3n) is 4.56. The lowest BCUT2D eigenvalue weighted by Gasteiger charge is -2.30. The number of amides is 1. The average Bonchev–Trinajstić information content (AvgIpc) is 2.69. The SMILES string of the molecule is CCNC(=NCCCN1CCCC(C(N)=O)C1)NCCSc1ccccc1.I. The molecule has 0 aromatic heterocycles. The van der Waals surface area contributed by atoms with E-state index in [1.807, 2.05) is 17.8 Å². The highest BCUT2D eigenvalue weighted by atomic mass is 127. The van der Waals surface area contributed by atoms with E-state index in [-0.39, 0.29) is 35.8 Å². The highest BCUT2D eigenvalue weighted by Crippen LogP contribution is 2.16. The Bertz CT molecular complexity index is 587. The molecule has 0 bridgehead atoms. The lowest BCUT2D eigenvalue weighted by Crippen LogP contribution is -2.41. The number of benzene rings is 1. The Hall–Kier alpha value is -1.000. The number of guanidine groups is 1. The molecule has 2 rings (SSSR count). The fraction of sp³-hybridized carbons (Fsp3) is 0.600. The van der Waals surface area contributed by atoms with Crippen molar-refractivity contribution in [3.8, 4) is 0 Å². The van der Waals surface area contributed by atoms with E-state index < -0.39 is 0 Å². The number of nitrogens with two attached hydrogens (primary N) is 1. The standard InChI is InChI=1S/C20H33N5OS.HI/c1-2-22-20(24-12-15-27-18-9-4-3-5-10-18)23-11-7-14-25-13-6-8-17(16-25)19(21)26;/h3-5,9-10,17H,2,6-8,11-16H2,1H3,(H2,21,26)(H2,22,23,24);1H. The summed E-state index contributed by atoms with van der Waals surface area (Å²) in [6, 6.07) is 10.4. The minimum atomic E-state index is -0.162. The zero-order valence-electron chi connectivity index (χ0n) is 16.7. The molecule has 1 atom stereocenters. The summed E-state index contributed by atoms with van der Waals surface area (Å²) >= 11 is 1.84. The van der Waals surface area contributed by atoms with Gasteiger partial charge in [0.05, 0.1) is 5.92 Å². The van der Waals surface area contributed by atoms with E-state index in [2.05, 4.69) is 51.7 Å². The van der Waals surface area contributed by atoms with Gasteiger partial charge in [-0.1, -0.05) is 18.2 Å². The van der Waals surface area contributed by atoms with Crippen molar-refractivity contribution in [1.82, 2.24) is 15.5 Å². The molecule has 1 aliphatic heterocycles. The van der Waals surface area contributed by atoms with Crippen molar-refractivity contribution in [2.75, 3.05) is 45.0 Å². The van der Waals surface area contributed by atoms with Crippen LogP contribution in [0.5, 0.6) is 0 Å². The quantitative estimate of drug-likeness (QED) is 0.146. The molecule has 4 N–H and O–H groups in total. The number of hydrogen-bond acceptors (Lipinski definition) is 4. The molecule has 0 aliphatic carbocycles. The summed E-state index contributed by atoms with van der Waals surface area (Å²) in [5.41, 5.74) is 5.45. The maximum Gasteiger partial charge on any atom is 0.221 e. The van der Waals surface area contributed by atoms with Gasteiger partial charge in [0.15, 0.2) is 5.96 Å². The summed E-state index contributed by atoms with van der Waals surface area (Å²) < 4.78 is 0. The van der Waals surface area contributed by atoms with Gasteiger partial charge in [0.1, 0.15) is 0 Å². The molecule has 1 amide bonds. The minimum absolute atomic E-state index is 0. The fourth-order valence-corrected chi connectivity index (χ4v) is 3.96. The Morgan fingerprint density at radius 2 is 2.11 bits per heavy atom. The van der Waals surface area contributed by atoms with Gasteiger partial charge < -0.3 is 21.3 Å². The van der Waals surface area contributed by atoms with Gasteiger partial charge in [-0.05, 0) is 51.4 Å². The van der Waals surface area contributed by atoms with Crippen molar-refractivity contribution >= 4 is 47.6 Å². The Morgan fingerprint density at radius 1 is 1.32 bits per heavy atom. The Kier molecular flexibility index (Phi) is 13.3. The molecule has 8 heteroatoms. The summed E-state index contributed by atoms with van der Waals surface area (Å²) in [7, 11) is 0. The molecule has 6 nitrogen and oxygen atoms in total. The van der Waals surface area contributed by atoms with Crippen LogP contribution in [0.3, 0.4) is 0 Å². The van der Waals surface area contributed by atoms with Crippen molar-refractivity contribution < 1.29 is 4.79 Å². The van der Waals surface area contributed by atoms with Crippen LogP contribution in [0.4, 0.5) is 0 Å². The summed E-state index contributed by atoms with van der Waals surface area (Å²) in [4.78, 5) is 19.7. The van der Waals surface area contributed by atoms with Crippen LogP contribution in [0.25, 0.3) is 0 Å². The number of carbonyl (C=O) groups is 1. The Balaban J connectivity index is 0.00000392. The first kappa shape index (κ1) is 25.0. The Morgan fingerprint density at radius 3 is 2.82 bits per heavy atom. The zero-order valence-corrected chi connectivity index (χ0v) is 19.9. The van der Waals surface area contributed by atoms with Gasteiger partial charge >= 0.3 is 0 Å². The minimum Gasteiger partial charge on any atom is -0.369 e. The van der Waals surface area contributed by atoms with Gasteiger partial charge in [-0.2, -0.15) is 0 Å². The lowest BCUT2D eigenvalue weighted by atomic mass is 9.97. The largest absolute Gasteiger partial charge is 0.369 e. The van der Waals surface area contributed by atoms with Crippen LogP contribution in [0.2, 0.25) is 0 Å². The molecule has 0 radical (unpaired) electrons. The van der Waals surface area contributed by atoms with E-state index in [1.165, 1.54) is 4.90 Å². The van der Waals surface area contributed by atoms with Gasteiger partial charge in [0.25, 0.3) is 0 Å². The Labute approximate surface area is 190 Å². The molecule has 1 aromatic rings. The molecule has 1 aliphatic rings. The maximum absolute atomic E-state index is 11.4. The number of halogens is 1. The van der Waals surface area contributed by atoms with E-state index in [1.54, 1.807) is 0 Å². The third kappa shape index (κ3) is 9.97. The van der Waals surface area contributed by atoms with Gasteiger partial charge in [-0.3, -0.25) is 9.79 Å². The average molecular weight is 519 g/mol. The molecule has 1 saturated heterocycles. The summed E-state index contributed by atoms with van der Waals surface area (Å²) in [6.07, 6.45) is 2.97. The monoisotopic (exact) mass is 519 g/mol. The molecular weight excluding hydrogens is 485 g/mol. The lowest BCUT2D eigenvalue weighted by molar-refractivity contribution is -0.123. The van der Waals surface area contributed by atoms with Gasteiger partial charge in [0.2, 0.25) is 5.91 Å². The van der Waals surface area contributed by atoms with Crippen LogP contribution in [0.15, 0.2) is 40.2 Å². The van der Waals surface area contributed by atoms with Crippen LogP contribution in [-0.4, -0.2) is 61.8 Å². The number of primary amides is 1. The third-order valence-corrected chi connectivity index (χ3v) is 5.57. The fourth-order valence-electron chi connectivity index (χ4n) is 3.17. The molecule has 0 spiro atoms.